The number of rotatable bonds is 5. The molecule has 1 aromatic rings. The Morgan fingerprint density at radius 3 is 2.47 bits per heavy atom. The molecule has 0 aliphatic heterocycles. The van der Waals surface area contributed by atoms with Gasteiger partial charge in [-0.25, -0.2) is 8.78 Å². The highest BCUT2D eigenvalue weighted by Crippen LogP contribution is 2.22. The topological polar surface area (TPSA) is 26.3 Å². The smallest absolute Gasteiger partial charge is 0.190 e. The standard InChI is InChI=1S/C10H10F2O2S/c1-15-3-2-14-10-8(11)4-7(6-13)5-9(10)12/h4-6H,2-3H2,1H3. The summed E-state index contributed by atoms with van der Waals surface area (Å²) < 4.78 is 31.3. The molecule has 0 bridgehead atoms. The molecule has 0 saturated carbocycles. The van der Waals surface area contributed by atoms with Crippen LogP contribution in [0.3, 0.4) is 0 Å². The third-order valence-corrected chi connectivity index (χ3v) is 2.27. The van der Waals surface area contributed by atoms with Crippen LogP contribution in [0.15, 0.2) is 12.1 Å². The van der Waals surface area contributed by atoms with E-state index in [2.05, 4.69) is 0 Å². The van der Waals surface area contributed by atoms with Crippen LogP contribution in [0.4, 0.5) is 8.78 Å². The summed E-state index contributed by atoms with van der Waals surface area (Å²) in [4.78, 5) is 10.3. The van der Waals surface area contributed by atoms with Gasteiger partial charge in [-0.2, -0.15) is 11.8 Å². The number of carbonyl (C=O) groups excluding carboxylic acids is 1. The van der Waals surface area contributed by atoms with E-state index in [9.17, 15) is 13.6 Å². The van der Waals surface area contributed by atoms with Gasteiger partial charge < -0.3 is 4.74 Å². The zero-order chi connectivity index (χ0) is 11.3. The molecule has 0 heterocycles. The van der Waals surface area contributed by atoms with Crippen LogP contribution < -0.4 is 4.74 Å². The van der Waals surface area contributed by atoms with Crippen LogP contribution in [-0.4, -0.2) is 24.9 Å². The Hall–Kier alpha value is -1.10. The van der Waals surface area contributed by atoms with E-state index < -0.39 is 17.4 Å². The lowest BCUT2D eigenvalue weighted by molar-refractivity contribution is 0.112. The second kappa shape index (κ2) is 5.70. The van der Waals surface area contributed by atoms with Crippen LogP contribution in [-0.2, 0) is 0 Å². The molecule has 0 fully saturated rings. The third kappa shape index (κ3) is 3.20. The van der Waals surface area contributed by atoms with Crippen molar-refractivity contribution in [2.45, 2.75) is 0 Å². The molecule has 0 atom stereocenters. The molecule has 0 aliphatic rings. The Labute approximate surface area is 90.6 Å². The van der Waals surface area contributed by atoms with Crippen molar-refractivity contribution in [1.82, 2.24) is 0 Å². The molecule has 0 unspecified atom stereocenters. The largest absolute Gasteiger partial charge is 0.487 e. The third-order valence-electron chi connectivity index (χ3n) is 1.69. The molecule has 82 valence electrons. The Bertz CT molecular complexity index is 332. The van der Waals surface area contributed by atoms with Crippen molar-refractivity contribution in [3.8, 4) is 5.75 Å². The highest BCUT2D eigenvalue weighted by molar-refractivity contribution is 7.98. The van der Waals surface area contributed by atoms with Gasteiger partial charge in [0.2, 0.25) is 0 Å². The zero-order valence-electron chi connectivity index (χ0n) is 8.13. The van der Waals surface area contributed by atoms with Gasteiger partial charge in [0.1, 0.15) is 6.29 Å². The van der Waals surface area contributed by atoms with E-state index in [4.69, 9.17) is 4.74 Å². The van der Waals surface area contributed by atoms with Crippen molar-refractivity contribution >= 4 is 18.0 Å². The molecule has 15 heavy (non-hydrogen) atoms. The fourth-order valence-electron chi connectivity index (χ4n) is 1.01. The Balaban J connectivity index is 2.83. The Kier molecular flexibility index (Phi) is 4.55. The number of aldehydes is 1. The summed E-state index contributed by atoms with van der Waals surface area (Å²) in [5, 5.41) is 0. The summed E-state index contributed by atoms with van der Waals surface area (Å²) in [6, 6.07) is 1.90. The van der Waals surface area contributed by atoms with Crippen molar-refractivity contribution in [2.24, 2.45) is 0 Å². The molecule has 0 N–H and O–H groups in total. The number of ether oxygens (including phenoxy) is 1. The second-order valence-corrected chi connectivity index (χ2v) is 3.76. The van der Waals surface area contributed by atoms with E-state index in [1.807, 2.05) is 6.26 Å². The fraction of sp³-hybridized carbons (Fsp3) is 0.300. The quantitative estimate of drug-likeness (QED) is 0.576. The van der Waals surface area contributed by atoms with E-state index in [-0.39, 0.29) is 12.2 Å². The minimum absolute atomic E-state index is 0.0396. The highest BCUT2D eigenvalue weighted by Gasteiger charge is 2.12. The Morgan fingerprint density at radius 1 is 1.40 bits per heavy atom. The first-order valence-electron chi connectivity index (χ1n) is 4.25. The summed E-state index contributed by atoms with van der Waals surface area (Å²) in [7, 11) is 0. The van der Waals surface area contributed by atoms with E-state index in [0.29, 0.717) is 12.0 Å². The number of hydrogen-bond donors (Lipinski definition) is 0. The zero-order valence-corrected chi connectivity index (χ0v) is 8.94. The lowest BCUT2D eigenvalue weighted by Gasteiger charge is -2.07. The molecule has 2 nitrogen and oxygen atoms in total. The first kappa shape index (κ1) is 12.0. The SMILES string of the molecule is CSCCOc1c(F)cc(C=O)cc1F. The van der Waals surface area contributed by atoms with E-state index in [0.717, 1.165) is 12.1 Å². The average Bonchev–Trinajstić information content (AvgIpc) is 2.22. The number of hydrogen-bond acceptors (Lipinski definition) is 3. The van der Waals surface area contributed by atoms with E-state index in [1.54, 1.807) is 0 Å². The van der Waals surface area contributed by atoms with E-state index in [1.165, 1.54) is 11.8 Å². The van der Waals surface area contributed by atoms with Crippen LogP contribution >= 0.6 is 11.8 Å². The maximum Gasteiger partial charge on any atom is 0.190 e. The van der Waals surface area contributed by atoms with Crippen LogP contribution in [0.5, 0.6) is 5.75 Å². The maximum absolute atomic E-state index is 13.2. The monoisotopic (exact) mass is 232 g/mol. The van der Waals surface area contributed by atoms with Crippen LogP contribution in [0, 0.1) is 11.6 Å². The van der Waals surface area contributed by atoms with Crippen molar-refractivity contribution in [1.29, 1.82) is 0 Å². The minimum atomic E-state index is -0.849. The van der Waals surface area contributed by atoms with Gasteiger partial charge in [-0.3, -0.25) is 4.79 Å². The first-order chi connectivity index (χ1) is 7.19. The summed E-state index contributed by atoms with van der Waals surface area (Å²) in [5.74, 6) is -1.47. The number of benzene rings is 1. The number of thioether (sulfide) groups is 1. The van der Waals surface area contributed by atoms with Gasteiger partial charge in [0.15, 0.2) is 17.4 Å². The second-order valence-electron chi connectivity index (χ2n) is 2.77. The molecule has 1 aromatic carbocycles. The number of halogens is 2. The predicted octanol–water partition coefficient (Wildman–Crippen LogP) is 2.52. The van der Waals surface area contributed by atoms with Crippen molar-refractivity contribution < 1.29 is 18.3 Å². The molecule has 0 saturated heterocycles. The van der Waals surface area contributed by atoms with Gasteiger partial charge in [0.05, 0.1) is 6.61 Å². The van der Waals surface area contributed by atoms with Crippen molar-refractivity contribution in [3.63, 3.8) is 0 Å². The molecule has 0 amide bonds. The van der Waals surface area contributed by atoms with Gasteiger partial charge in [0.25, 0.3) is 0 Å². The fourth-order valence-corrected chi connectivity index (χ4v) is 1.26. The van der Waals surface area contributed by atoms with Crippen LogP contribution in [0.2, 0.25) is 0 Å². The predicted molar refractivity (Wildman–Crippen MR) is 55.6 cm³/mol. The van der Waals surface area contributed by atoms with Gasteiger partial charge in [-0.15, -0.1) is 0 Å². The van der Waals surface area contributed by atoms with Gasteiger partial charge in [0, 0.05) is 11.3 Å². The number of carbonyl (C=O) groups is 1. The lowest BCUT2D eigenvalue weighted by Crippen LogP contribution is -2.04. The average molecular weight is 232 g/mol. The molecule has 0 spiro atoms. The summed E-state index contributed by atoms with van der Waals surface area (Å²) >= 11 is 1.51. The van der Waals surface area contributed by atoms with Gasteiger partial charge in [-0.05, 0) is 18.4 Å². The summed E-state index contributed by atoms with van der Waals surface area (Å²) in [6.07, 6.45) is 2.25. The van der Waals surface area contributed by atoms with E-state index >= 15 is 0 Å². The molecule has 0 aromatic heterocycles. The molecular formula is C10H10F2O2S. The lowest BCUT2D eigenvalue weighted by atomic mass is 10.2. The van der Waals surface area contributed by atoms with Crippen LogP contribution in [0.25, 0.3) is 0 Å². The van der Waals surface area contributed by atoms with Crippen LogP contribution in [0.1, 0.15) is 10.4 Å². The van der Waals surface area contributed by atoms with Crippen molar-refractivity contribution in [2.75, 3.05) is 18.6 Å². The maximum atomic E-state index is 13.2. The molecule has 1 rings (SSSR count). The first-order valence-corrected chi connectivity index (χ1v) is 5.64. The van der Waals surface area contributed by atoms with Gasteiger partial charge in [-0.1, -0.05) is 0 Å². The summed E-state index contributed by atoms with van der Waals surface area (Å²) in [5.41, 5.74) is -0.0396. The normalized spacial score (nSPS) is 10.1. The highest BCUT2D eigenvalue weighted by atomic mass is 32.2. The Morgan fingerprint density at radius 2 is 2.00 bits per heavy atom. The molecule has 5 heteroatoms. The molecule has 0 aliphatic carbocycles. The molecular weight excluding hydrogens is 222 g/mol. The van der Waals surface area contributed by atoms with Gasteiger partial charge >= 0.3 is 0 Å². The van der Waals surface area contributed by atoms with Crippen molar-refractivity contribution in [3.05, 3.63) is 29.3 Å². The summed E-state index contributed by atoms with van der Waals surface area (Å²) in [6.45, 7) is 0.232. The minimum Gasteiger partial charge on any atom is -0.487 e. The molecule has 0 radical (unpaired) electrons.